The van der Waals surface area contributed by atoms with Crippen molar-refractivity contribution in [3.05, 3.63) is 58.9 Å². The second-order valence-corrected chi connectivity index (χ2v) is 10.3. The van der Waals surface area contributed by atoms with E-state index in [2.05, 4.69) is 66.5 Å². The van der Waals surface area contributed by atoms with Gasteiger partial charge in [0.2, 0.25) is 0 Å². The zero-order valence-electron chi connectivity index (χ0n) is 19.3. The monoisotopic (exact) mass is 429 g/mol. The van der Waals surface area contributed by atoms with E-state index in [0.717, 1.165) is 54.1 Å². The minimum absolute atomic E-state index is 0.00515. The number of amides is 1. The highest BCUT2D eigenvalue weighted by molar-refractivity contribution is 5.98. The van der Waals surface area contributed by atoms with Gasteiger partial charge in [0.1, 0.15) is 0 Å². The summed E-state index contributed by atoms with van der Waals surface area (Å²) < 4.78 is 0. The van der Waals surface area contributed by atoms with Gasteiger partial charge in [0, 0.05) is 29.4 Å². The van der Waals surface area contributed by atoms with Gasteiger partial charge in [-0.3, -0.25) is 4.79 Å². The molecule has 0 atom stereocenters. The molecule has 166 valence electrons. The van der Waals surface area contributed by atoms with E-state index < -0.39 is 0 Å². The molecule has 3 aromatic rings. The number of benzene rings is 1. The summed E-state index contributed by atoms with van der Waals surface area (Å²) in [6.45, 7) is 11.4. The van der Waals surface area contributed by atoms with Crippen molar-refractivity contribution >= 4 is 5.91 Å². The van der Waals surface area contributed by atoms with E-state index in [1.165, 1.54) is 11.1 Å². The lowest BCUT2D eigenvalue weighted by Crippen LogP contribution is -2.51. The fraction of sp³-hybridized carbons (Fsp3) is 0.423. The van der Waals surface area contributed by atoms with Crippen LogP contribution in [0.5, 0.6) is 0 Å². The molecule has 1 amide bonds. The molecule has 0 saturated carbocycles. The Hall–Kier alpha value is -2.99. The van der Waals surface area contributed by atoms with Gasteiger partial charge in [-0.2, -0.15) is 0 Å². The van der Waals surface area contributed by atoms with Crippen LogP contribution in [0, 0.1) is 6.92 Å². The Morgan fingerprint density at radius 3 is 2.59 bits per heavy atom. The zero-order chi connectivity index (χ0) is 22.5. The van der Waals surface area contributed by atoms with Gasteiger partial charge in [0.25, 0.3) is 5.91 Å². The average Bonchev–Trinajstić information content (AvgIpc) is 3.24. The van der Waals surface area contributed by atoms with E-state index in [4.69, 9.17) is 4.98 Å². The van der Waals surface area contributed by atoms with Crippen molar-refractivity contribution in [1.82, 2.24) is 25.6 Å². The lowest BCUT2D eigenvalue weighted by molar-refractivity contribution is 0.0913. The number of rotatable bonds is 2. The number of hydrogen-bond donors (Lipinski definition) is 3. The van der Waals surface area contributed by atoms with Crippen molar-refractivity contribution in [2.45, 2.75) is 51.4 Å². The van der Waals surface area contributed by atoms with Gasteiger partial charge in [-0.05, 0) is 68.1 Å². The van der Waals surface area contributed by atoms with Gasteiger partial charge >= 0.3 is 0 Å². The summed E-state index contributed by atoms with van der Waals surface area (Å²) in [5, 5.41) is 6.54. The third kappa shape index (κ3) is 3.62. The highest BCUT2D eigenvalue weighted by Crippen LogP contribution is 2.39. The lowest BCUT2D eigenvalue weighted by Gasteiger charge is -2.40. The molecule has 4 heterocycles. The number of aromatic amines is 1. The largest absolute Gasteiger partial charge is 0.356 e. The number of carbonyl (C=O) groups excluding carboxylic acids is 1. The van der Waals surface area contributed by atoms with Crippen LogP contribution in [0.4, 0.5) is 0 Å². The van der Waals surface area contributed by atoms with Crippen LogP contribution in [0.2, 0.25) is 0 Å². The third-order valence-electron chi connectivity index (χ3n) is 6.87. The molecule has 1 fully saturated rings. The van der Waals surface area contributed by atoms with Crippen LogP contribution >= 0.6 is 0 Å². The summed E-state index contributed by atoms with van der Waals surface area (Å²) in [6.07, 6.45) is 3.82. The first-order valence-electron chi connectivity index (χ1n) is 11.4. The number of aromatic nitrogens is 3. The van der Waals surface area contributed by atoms with Gasteiger partial charge in [0.15, 0.2) is 5.82 Å². The number of nitrogens with one attached hydrogen (secondary N) is 3. The second-order valence-electron chi connectivity index (χ2n) is 10.3. The summed E-state index contributed by atoms with van der Waals surface area (Å²) in [5.41, 5.74) is 6.98. The summed E-state index contributed by atoms with van der Waals surface area (Å²) in [7, 11) is 0. The fourth-order valence-corrected chi connectivity index (χ4v) is 4.95. The van der Waals surface area contributed by atoms with Crippen LogP contribution in [-0.4, -0.2) is 40.5 Å². The second kappa shape index (κ2) is 7.55. The molecule has 0 aliphatic carbocycles. The molecule has 3 N–H and O–H groups in total. The average molecular weight is 430 g/mol. The molecule has 2 aliphatic rings. The predicted octanol–water partition coefficient (Wildman–Crippen LogP) is 4.11. The van der Waals surface area contributed by atoms with E-state index >= 15 is 0 Å². The van der Waals surface area contributed by atoms with Gasteiger partial charge in [0.05, 0.1) is 17.0 Å². The van der Waals surface area contributed by atoms with Crippen LogP contribution in [0.1, 0.15) is 60.8 Å². The van der Waals surface area contributed by atoms with Crippen molar-refractivity contribution < 1.29 is 4.79 Å². The van der Waals surface area contributed by atoms with E-state index in [0.29, 0.717) is 12.4 Å². The van der Waals surface area contributed by atoms with Crippen LogP contribution in [0.3, 0.4) is 0 Å². The first-order valence-corrected chi connectivity index (χ1v) is 11.4. The maximum absolute atomic E-state index is 12.6. The Kier molecular flexibility index (Phi) is 4.93. The van der Waals surface area contributed by atoms with Crippen molar-refractivity contribution in [1.29, 1.82) is 0 Å². The fourth-order valence-electron chi connectivity index (χ4n) is 4.95. The maximum atomic E-state index is 12.6. The zero-order valence-corrected chi connectivity index (χ0v) is 19.3. The lowest BCUT2D eigenvalue weighted by atomic mass is 9.73. The Balaban J connectivity index is 1.56. The summed E-state index contributed by atoms with van der Waals surface area (Å²) in [5.74, 6) is 0.694. The van der Waals surface area contributed by atoms with Gasteiger partial charge in [-0.1, -0.05) is 32.4 Å². The number of fused-ring (bicyclic) bond motifs is 2. The van der Waals surface area contributed by atoms with E-state index in [-0.39, 0.29) is 16.7 Å². The summed E-state index contributed by atoms with van der Waals surface area (Å²) in [4.78, 5) is 25.7. The van der Waals surface area contributed by atoms with Crippen molar-refractivity contribution in [2.75, 3.05) is 19.6 Å². The smallest absolute Gasteiger partial charge is 0.253 e. The summed E-state index contributed by atoms with van der Waals surface area (Å²) in [6, 6.07) is 10.4. The predicted molar refractivity (Wildman–Crippen MR) is 127 cm³/mol. The normalized spacial score (nSPS) is 17.8. The van der Waals surface area contributed by atoms with E-state index in [9.17, 15) is 4.79 Å². The SMILES string of the molecule is Cc1cc(-c2nccc(-c3cc4c([nH]3)C3(CCNCC3)CNC4=O)n2)cc(C(C)(C)C)c1. The molecule has 6 heteroatoms. The topological polar surface area (TPSA) is 82.7 Å². The van der Waals surface area contributed by atoms with Crippen molar-refractivity contribution in [2.24, 2.45) is 0 Å². The van der Waals surface area contributed by atoms with Gasteiger partial charge in [-0.15, -0.1) is 0 Å². The highest BCUT2D eigenvalue weighted by Gasteiger charge is 2.42. The quantitative estimate of drug-likeness (QED) is 0.573. The molecule has 1 spiro atoms. The minimum atomic E-state index is -0.0270. The van der Waals surface area contributed by atoms with Crippen molar-refractivity contribution in [3.8, 4) is 22.8 Å². The van der Waals surface area contributed by atoms with Crippen LogP contribution in [-0.2, 0) is 10.8 Å². The molecular weight excluding hydrogens is 398 g/mol. The standard InChI is InChI=1S/C26H31N5O/c1-16-11-17(13-18(12-16)25(2,3)4)23-28-8-5-20(31-23)21-14-19-22(30-21)26(15-29-24(19)32)6-9-27-10-7-26/h5,8,11-14,27,30H,6-7,9-10,15H2,1-4H3,(H,29,32). The molecule has 6 nitrogen and oxygen atoms in total. The molecule has 1 saturated heterocycles. The molecule has 2 aliphatic heterocycles. The molecule has 5 rings (SSSR count). The Bertz CT molecular complexity index is 1180. The first kappa shape index (κ1) is 20.9. The number of aryl methyl sites for hydroxylation is 1. The van der Waals surface area contributed by atoms with Gasteiger partial charge in [-0.25, -0.2) is 9.97 Å². The Morgan fingerprint density at radius 1 is 1.06 bits per heavy atom. The van der Waals surface area contributed by atoms with Crippen LogP contribution < -0.4 is 10.6 Å². The maximum Gasteiger partial charge on any atom is 0.253 e. The minimum Gasteiger partial charge on any atom is -0.356 e. The molecule has 0 bridgehead atoms. The molecular formula is C26H31N5O. The molecule has 0 radical (unpaired) electrons. The number of hydrogen-bond acceptors (Lipinski definition) is 4. The van der Waals surface area contributed by atoms with E-state index in [1.54, 1.807) is 6.20 Å². The third-order valence-corrected chi connectivity index (χ3v) is 6.87. The molecule has 1 aromatic carbocycles. The first-order chi connectivity index (χ1) is 15.2. The molecule has 32 heavy (non-hydrogen) atoms. The number of carbonyl (C=O) groups is 1. The Morgan fingerprint density at radius 2 is 1.84 bits per heavy atom. The number of piperidine rings is 1. The highest BCUT2D eigenvalue weighted by atomic mass is 16.1. The molecule has 0 unspecified atom stereocenters. The van der Waals surface area contributed by atoms with Crippen LogP contribution in [0.25, 0.3) is 22.8 Å². The van der Waals surface area contributed by atoms with Gasteiger partial charge < -0.3 is 15.6 Å². The number of H-pyrrole nitrogens is 1. The Labute approximate surface area is 189 Å². The number of nitrogens with zero attached hydrogens (tertiary/aromatic N) is 2. The molecule has 2 aromatic heterocycles. The van der Waals surface area contributed by atoms with Crippen molar-refractivity contribution in [3.63, 3.8) is 0 Å². The van der Waals surface area contributed by atoms with Crippen LogP contribution in [0.15, 0.2) is 36.5 Å². The van der Waals surface area contributed by atoms with E-state index in [1.807, 2.05) is 12.1 Å². The summed E-state index contributed by atoms with van der Waals surface area (Å²) >= 11 is 0.